The highest BCUT2D eigenvalue weighted by atomic mass is 32.2. The molecule has 0 aliphatic rings. The van der Waals surface area contributed by atoms with E-state index < -0.39 is 0 Å². The molecule has 204 valence electrons. The molecule has 5 nitrogen and oxygen atoms in total. The molecule has 2 N–H and O–H groups in total. The van der Waals surface area contributed by atoms with Gasteiger partial charge in [-0.25, -0.2) is 0 Å². The fourth-order valence-electron chi connectivity index (χ4n) is 4.03. The van der Waals surface area contributed by atoms with Crippen LogP contribution in [0, 0.1) is 0 Å². The predicted octanol–water partition coefficient (Wildman–Crippen LogP) is 8.49. The van der Waals surface area contributed by atoms with Crippen molar-refractivity contribution in [3.8, 4) is 5.75 Å². The van der Waals surface area contributed by atoms with Crippen molar-refractivity contribution in [2.24, 2.45) is 0 Å². The van der Waals surface area contributed by atoms with Crippen molar-refractivity contribution in [2.45, 2.75) is 96.3 Å². The summed E-state index contributed by atoms with van der Waals surface area (Å²) in [6.45, 7) is 7.76. The summed E-state index contributed by atoms with van der Waals surface area (Å²) in [4.78, 5) is 26.4. The molecule has 0 aliphatic heterocycles. The lowest BCUT2D eigenvalue weighted by Gasteiger charge is -2.13. The lowest BCUT2D eigenvalue weighted by Crippen LogP contribution is -2.24. The lowest BCUT2D eigenvalue weighted by atomic mass is 10.1. The molecule has 2 aromatic rings. The van der Waals surface area contributed by atoms with Gasteiger partial charge < -0.3 is 15.4 Å². The number of thioether (sulfide) groups is 1. The smallest absolute Gasteiger partial charge is 0.255 e. The van der Waals surface area contributed by atoms with Crippen LogP contribution in [0.15, 0.2) is 47.4 Å². The second-order valence-corrected chi connectivity index (χ2v) is 10.7. The van der Waals surface area contributed by atoms with E-state index in [1.54, 1.807) is 30.0 Å². The van der Waals surface area contributed by atoms with E-state index in [0.29, 0.717) is 30.0 Å². The summed E-state index contributed by atoms with van der Waals surface area (Å²) >= 11 is 1.64. The first kappa shape index (κ1) is 30.8. The Morgan fingerprint density at radius 1 is 0.730 bits per heavy atom. The molecule has 0 aromatic heterocycles. The molecular weight excluding hydrogens is 480 g/mol. The largest absolute Gasteiger partial charge is 0.494 e. The van der Waals surface area contributed by atoms with Crippen LogP contribution in [0.2, 0.25) is 0 Å². The minimum atomic E-state index is -0.202. The summed E-state index contributed by atoms with van der Waals surface area (Å²) < 4.78 is 5.87. The third-order valence-corrected chi connectivity index (χ3v) is 7.19. The molecule has 2 rings (SSSR count). The second kappa shape index (κ2) is 18.7. The Bertz CT molecular complexity index is 931. The molecule has 0 spiro atoms. The summed E-state index contributed by atoms with van der Waals surface area (Å²) in [5, 5.41) is 5.94. The van der Waals surface area contributed by atoms with Gasteiger partial charge in [0.15, 0.2) is 0 Å². The van der Waals surface area contributed by atoms with E-state index in [1.165, 1.54) is 51.4 Å². The van der Waals surface area contributed by atoms with Crippen LogP contribution in [0.3, 0.4) is 0 Å². The van der Waals surface area contributed by atoms with Gasteiger partial charge in [-0.15, -0.1) is 11.8 Å². The summed E-state index contributed by atoms with van der Waals surface area (Å²) in [5.74, 6) is 1.33. The zero-order valence-electron chi connectivity index (χ0n) is 23.1. The number of hydrogen-bond acceptors (Lipinski definition) is 4. The summed E-state index contributed by atoms with van der Waals surface area (Å²) in [6.07, 6.45) is 13.5. The molecular formula is C31H46N2O3S. The fraction of sp³-hybridized carbons (Fsp3) is 0.548. The minimum absolute atomic E-state index is 0.120. The summed E-state index contributed by atoms with van der Waals surface area (Å²) in [6, 6.07) is 12.8. The van der Waals surface area contributed by atoms with Crippen LogP contribution in [-0.4, -0.2) is 30.7 Å². The Hall–Kier alpha value is -2.47. The number of carbonyl (C=O) groups excluding carboxylic acids is 2. The van der Waals surface area contributed by atoms with Gasteiger partial charge in [-0.1, -0.05) is 78.6 Å². The number of nitrogens with one attached hydrogen (secondary N) is 2. The van der Waals surface area contributed by atoms with Gasteiger partial charge in [-0.05, 0) is 61.1 Å². The van der Waals surface area contributed by atoms with Crippen LogP contribution in [0.4, 0.5) is 5.69 Å². The first-order valence-electron chi connectivity index (χ1n) is 14.2. The van der Waals surface area contributed by atoms with Gasteiger partial charge in [-0.3, -0.25) is 9.59 Å². The molecule has 2 aromatic carbocycles. The van der Waals surface area contributed by atoms with Crippen LogP contribution in [0.1, 0.15) is 112 Å². The van der Waals surface area contributed by atoms with Crippen molar-refractivity contribution in [2.75, 3.05) is 24.2 Å². The standard InChI is InChI=1S/C31H46N2O3S/c1-4-7-9-10-11-12-13-14-15-23-36-27-19-16-25(17-20-27)31(35)33-28-24-26(18-21-29(28)37-6-3)30(34)32-22-8-5-2/h16-21,24H,4-15,22-23H2,1-3H3,(H,32,34)(H,33,35). The molecule has 0 unspecified atom stereocenters. The van der Waals surface area contributed by atoms with Gasteiger partial charge in [0.25, 0.3) is 11.8 Å². The Morgan fingerprint density at radius 3 is 2.00 bits per heavy atom. The Morgan fingerprint density at radius 2 is 1.35 bits per heavy atom. The maximum Gasteiger partial charge on any atom is 0.255 e. The molecule has 2 amide bonds. The van der Waals surface area contributed by atoms with E-state index in [2.05, 4.69) is 31.4 Å². The van der Waals surface area contributed by atoms with Crippen LogP contribution < -0.4 is 15.4 Å². The maximum atomic E-state index is 13.0. The Balaban J connectivity index is 1.83. The van der Waals surface area contributed by atoms with Crippen molar-refractivity contribution in [3.05, 3.63) is 53.6 Å². The van der Waals surface area contributed by atoms with E-state index in [4.69, 9.17) is 4.74 Å². The lowest BCUT2D eigenvalue weighted by molar-refractivity contribution is 0.0951. The predicted molar refractivity (Wildman–Crippen MR) is 157 cm³/mol. The number of ether oxygens (including phenoxy) is 1. The highest BCUT2D eigenvalue weighted by Crippen LogP contribution is 2.29. The van der Waals surface area contributed by atoms with Crippen molar-refractivity contribution in [1.82, 2.24) is 5.32 Å². The second-order valence-electron chi connectivity index (χ2n) is 9.41. The average Bonchev–Trinajstić information content (AvgIpc) is 2.91. The normalized spacial score (nSPS) is 10.8. The van der Waals surface area contributed by atoms with Gasteiger partial charge in [0, 0.05) is 22.6 Å². The molecule has 37 heavy (non-hydrogen) atoms. The third-order valence-electron chi connectivity index (χ3n) is 6.24. The number of hydrogen-bond donors (Lipinski definition) is 2. The molecule has 0 radical (unpaired) electrons. The average molecular weight is 527 g/mol. The van der Waals surface area contributed by atoms with Gasteiger partial charge in [0.05, 0.1) is 12.3 Å². The van der Waals surface area contributed by atoms with Gasteiger partial charge in [-0.2, -0.15) is 0 Å². The minimum Gasteiger partial charge on any atom is -0.494 e. The van der Waals surface area contributed by atoms with E-state index in [-0.39, 0.29) is 11.8 Å². The van der Waals surface area contributed by atoms with Crippen LogP contribution in [0.5, 0.6) is 5.75 Å². The number of benzene rings is 2. The SMILES string of the molecule is CCCCCCCCCCCOc1ccc(C(=O)Nc2cc(C(=O)NCCCC)ccc2SCC)cc1. The molecule has 6 heteroatoms. The first-order chi connectivity index (χ1) is 18.1. The number of carbonyl (C=O) groups is 2. The quantitative estimate of drug-likeness (QED) is 0.142. The summed E-state index contributed by atoms with van der Waals surface area (Å²) in [7, 11) is 0. The number of amides is 2. The van der Waals surface area contributed by atoms with Crippen LogP contribution >= 0.6 is 11.8 Å². The topological polar surface area (TPSA) is 67.4 Å². The molecule has 0 bridgehead atoms. The summed E-state index contributed by atoms with van der Waals surface area (Å²) in [5.41, 5.74) is 1.76. The monoisotopic (exact) mass is 526 g/mol. The highest BCUT2D eigenvalue weighted by molar-refractivity contribution is 7.99. The van der Waals surface area contributed by atoms with Crippen molar-refractivity contribution >= 4 is 29.3 Å². The molecule has 0 saturated carbocycles. The van der Waals surface area contributed by atoms with E-state index in [1.807, 2.05) is 24.3 Å². The molecule has 0 fully saturated rings. The van der Waals surface area contributed by atoms with Gasteiger partial charge >= 0.3 is 0 Å². The Labute approximate surface area is 228 Å². The number of unbranched alkanes of at least 4 members (excludes halogenated alkanes) is 9. The zero-order chi connectivity index (χ0) is 26.7. The van der Waals surface area contributed by atoms with E-state index >= 15 is 0 Å². The third kappa shape index (κ3) is 12.1. The van der Waals surface area contributed by atoms with Crippen LogP contribution in [-0.2, 0) is 0 Å². The molecule has 0 atom stereocenters. The molecule has 0 saturated heterocycles. The Kier molecular flexibility index (Phi) is 15.6. The van der Waals surface area contributed by atoms with E-state index in [0.717, 1.165) is 35.7 Å². The van der Waals surface area contributed by atoms with Gasteiger partial charge in [0.1, 0.15) is 5.75 Å². The van der Waals surface area contributed by atoms with Crippen molar-refractivity contribution < 1.29 is 14.3 Å². The van der Waals surface area contributed by atoms with Crippen molar-refractivity contribution in [3.63, 3.8) is 0 Å². The highest BCUT2D eigenvalue weighted by Gasteiger charge is 2.13. The fourth-order valence-corrected chi connectivity index (χ4v) is 4.77. The maximum absolute atomic E-state index is 13.0. The molecule has 0 heterocycles. The first-order valence-corrected chi connectivity index (χ1v) is 15.2. The zero-order valence-corrected chi connectivity index (χ0v) is 23.9. The number of anilines is 1. The number of rotatable bonds is 19. The molecule has 0 aliphatic carbocycles. The van der Waals surface area contributed by atoms with Crippen LogP contribution in [0.25, 0.3) is 0 Å². The van der Waals surface area contributed by atoms with Gasteiger partial charge in [0.2, 0.25) is 0 Å². The van der Waals surface area contributed by atoms with E-state index in [9.17, 15) is 9.59 Å². The van der Waals surface area contributed by atoms with Crippen molar-refractivity contribution in [1.29, 1.82) is 0 Å².